The molecule has 1 unspecified atom stereocenters. The monoisotopic (exact) mass is 254 g/mol. The molecule has 0 aromatic heterocycles. The summed E-state index contributed by atoms with van der Waals surface area (Å²) in [4.78, 5) is 26.0. The Morgan fingerprint density at radius 3 is 2.56 bits per heavy atom. The predicted molar refractivity (Wildman–Crippen MR) is 61.9 cm³/mol. The van der Waals surface area contributed by atoms with Crippen LogP contribution in [-0.4, -0.2) is 70.6 Å². The zero-order valence-electron chi connectivity index (χ0n) is 9.61. The second-order valence-electron chi connectivity index (χ2n) is 3.95. The normalized spacial score (nSPS) is 24.8. The largest absolute Gasteiger partial charge is 0.479 e. The van der Waals surface area contributed by atoms with Gasteiger partial charge in [-0.15, -0.1) is 0 Å². The maximum atomic E-state index is 11.2. The average molecular weight is 254 g/mol. The molecular formula is C10H14N4O4. The number of carbonyl (C=O) groups is 2. The van der Waals surface area contributed by atoms with E-state index in [2.05, 4.69) is 10.3 Å². The van der Waals surface area contributed by atoms with Crippen LogP contribution in [0.3, 0.4) is 0 Å². The van der Waals surface area contributed by atoms with Crippen LogP contribution in [0.4, 0.5) is 0 Å². The van der Waals surface area contributed by atoms with Gasteiger partial charge in [0.05, 0.1) is 6.20 Å². The molecule has 2 aliphatic rings. The van der Waals surface area contributed by atoms with Crippen LogP contribution >= 0.6 is 0 Å². The Hall–Kier alpha value is -1.93. The lowest BCUT2D eigenvalue weighted by Crippen LogP contribution is -2.59. The Morgan fingerprint density at radius 1 is 1.33 bits per heavy atom. The molecule has 0 aromatic rings. The number of carboxylic acid groups (broad SMARTS) is 2. The van der Waals surface area contributed by atoms with Gasteiger partial charge < -0.3 is 15.5 Å². The van der Waals surface area contributed by atoms with E-state index < -0.39 is 18.0 Å². The number of aliphatic imine (C=N–C) groups is 1. The van der Waals surface area contributed by atoms with E-state index >= 15 is 0 Å². The standard InChI is InChI=1S/C10H14N4O4/c15-9(16)7-5-12-6-8(10(17)18)14(7)13-3-1-11-2-4-13/h5-7,11H,1-4H2,(H,15,16)(H,17,18). The zero-order valence-corrected chi connectivity index (χ0v) is 9.61. The van der Waals surface area contributed by atoms with Gasteiger partial charge in [-0.05, 0) is 0 Å². The number of nitrogens with one attached hydrogen (secondary N) is 1. The van der Waals surface area contributed by atoms with Crippen molar-refractivity contribution in [2.45, 2.75) is 6.04 Å². The minimum absolute atomic E-state index is 0.119. The molecule has 0 spiro atoms. The fourth-order valence-corrected chi connectivity index (χ4v) is 1.99. The van der Waals surface area contributed by atoms with Crippen LogP contribution in [0.2, 0.25) is 0 Å². The summed E-state index contributed by atoms with van der Waals surface area (Å²) >= 11 is 0. The first-order chi connectivity index (χ1) is 8.61. The van der Waals surface area contributed by atoms with Gasteiger partial charge in [0.1, 0.15) is 0 Å². The van der Waals surface area contributed by atoms with Gasteiger partial charge in [0.2, 0.25) is 0 Å². The first-order valence-corrected chi connectivity index (χ1v) is 5.55. The topological polar surface area (TPSA) is 105 Å². The lowest BCUT2D eigenvalue weighted by molar-refractivity contribution is -0.150. The van der Waals surface area contributed by atoms with Gasteiger partial charge in [0.25, 0.3) is 0 Å². The van der Waals surface area contributed by atoms with Crippen molar-refractivity contribution in [2.24, 2.45) is 4.99 Å². The van der Waals surface area contributed by atoms with Crippen molar-refractivity contribution in [3.05, 3.63) is 11.9 Å². The fraction of sp³-hybridized carbons (Fsp3) is 0.500. The zero-order chi connectivity index (χ0) is 13.1. The molecule has 3 N–H and O–H groups in total. The molecule has 0 saturated carbocycles. The van der Waals surface area contributed by atoms with E-state index in [9.17, 15) is 9.59 Å². The van der Waals surface area contributed by atoms with Gasteiger partial charge in [-0.25, -0.2) is 14.6 Å². The molecule has 0 aromatic carbocycles. The SMILES string of the molecule is O=C(O)C1=CN=CC(C(=O)O)N1N1CCNCC1. The van der Waals surface area contributed by atoms with Crippen molar-refractivity contribution in [1.82, 2.24) is 15.3 Å². The van der Waals surface area contributed by atoms with Crippen LogP contribution in [0.1, 0.15) is 0 Å². The number of hydrogen-bond donors (Lipinski definition) is 3. The molecule has 0 radical (unpaired) electrons. The van der Waals surface area contributed by atoms with Crippen molar-refractivity contribution in [2.75, 3.05) is 26.2 Å². The molecule has 18 heavy (non-hydrogen) atoms. The van der Waals surface area contributed by atoms with Crippen LogP contribution in [0.15, 0.2) is 16.9 Å². The van der Waals surface area contributed by atoms with Crippen LogP contribution in [-0.2, 0) is 9.59 Å². The summed E-state index contributed by atoms with van der Waals surface area (Å²) in [5, 5.41) is 24.4. The number of piperazine rings is 1. The van der Waals surface area contributed by atoms with E-state index in [-0.39, 0.29) is 5.70 Å². The molecule has 0 bridgehead atoms. The Kier molecular flexibility index (Phi) is 3.58. The lowest BCUT2D eigenvalue weighted by atomic mass is 10.2. The summed E-state index contributed by atoms with van der Waals surface area (Å²) in [7, 11) is 0. The van der Waals surface area contributed by atoms with Crippen molar-refractivity contribution in [1.29, 1.82) is 0 Å². The van der Waals surface area contributed by atoms with E-state index in [1.165, 1.54) is 17.4 Å². The van der Waals surface area contributed by atoms with Crippen molar-refractivity contribution in [3.8, 4) is 0 Å². The molecular weight excluding hydrogens is 240 g/mol. The van der Waals surface area contributed by atoms with E-state index in [1.54, 1.807) is 5.01 Å². The van der Waals surface area contributed by atoms with E-state index in [0.717, 1.165) is 0 Å². The molecule has 1 saturated heterocycles. The van der Waals surface area contributed by atoms with Crippen molar-refractivity contribution in [3.63, 3.8) is 0 Å². The van der Waals surface area contributed by atoms with E-state index in [1.807, 2.05) is 0 Å². The average Bonchev–Trinajstić information content (AvgIpc) is 2.38. The summed E-state index contributed by atoms with van der Waals surface area (Å²) in [6, 6.07) is -1.07. The van der Waals surface area contributed by atoms with Gasteiger partial charge in [-0.3, -0.25) is 10.0 Å². The molecule has 98 valence electrons. The maximum Gasteiger partial charge on any atom is 0.355 e. The van der Waals surface area contributed by atoms with Gasteiger partial charge in [-0.1, -0.05) is 0 Å². The van der Waals surface area contributed by atoms with Crippen LogP contribution in [0.25, 0.3) is 0 Å². The number of rotatable bonds is 3. The van der Waals surface area contributed by atoms with Crippen LogP contribution in [0.5, 0.6) is 0 Å². The van der Waals surface area contributed by atoms with E-state index in [4.69, 9.17) is 10.2 Å². The summed E-state index contributed by atoms with van der Waals surface area (Å²) in [5.74, 6) is -2.30. The summed E-state index contributed by atoms with van der Waals surface area (Å²) in [6.07, 6.45) is 2.40. The summed E-state index contributed by atoms with van der Waals surface area (Å²) in [6.45, 7) is 2.49. The number of carboxylic acids is 2. The highest BCUT2D eigenvalue weighted by atomic mass is 16.4. The third kappa shape index (κ3) is 2.34. The summed E-state index contributed by atoms with van der Waals surface area (Å²) < 4.78 is 0. The smallest absolute Gasteiger partial charge is 0.355 e. The Labute approximate surface area is 103 Å². The molecule has 1 fully saturated rings. The minimum atomic E-state index is -1.18. The molecule has 8 heteroatoms. The molecule has 2 heterocycles. The van der Waals surface area contributed by atoms with Gasteiger partial charge in [-0.2, -0.15) is 0 Å². The molecule has 0 amide bonds. The molecule has 2 rings (SSSR count). The number of hydrogen-bond acceptors (Lipinski definition) is 6. The molecule has 0 aliphatic carbocycles. The molecule has 8 nitrogen and oxygen atoms in total. The quantitative estimate of drug-likeness (QED) is 0.567. The fourth-order valence-electron chi connectivity index (χ4n) is 1.99. The first-order valence-electron chi connectivity index (χ1n) is 5.55. The Bertz CT molecular complexity index is 414. The van der Waals surface area contributed by atoms with Crippen LogP contribution < -0.4 is 5.32 Å². The first kappa shape index (κ1) is 12.5. The van der Waals surface area contributed by atoms with Gasteiger partial charge >= 0.3 is 11.9 Å². The highest BCUT2D eigenvalue weighted by Crippen LogP contribution is 2.18. The highest BCUT2D eigenvalue weighted by molar-refractivity contribution is 5.97. The highest BCUT2D eigenvalue weighted by Gasteiger charge is 2.36. The molecule has 1 atom stereocenters. The van der Waals surface area contributed by atoms with E-state index in [0.29, 0.717) is 26.2 Å². The summed E-state index contributed by atoms with van der Waals surface area (Å²) in [5.41, 5.74) is -0.119. The van der Waals surface area contributed by atoms with Crippen molar-refractivity contribution >= 4 is 18.2 Å². The predicted octanol–water partition coefficient (Wildman–Crippen LogP) is -1.43. The second-order valence-corrected chi connectivity index (χ2v) is 3.95. The Balaban J connectivity index is 2.28. The molecule has 2 aliphatic heterocycles. The van der Waals surface area contributed by atoms with Crippen molar-refractivity contribution < 1.29 is 19.8 Å². The number of nitrogens with zero attached hydrogens (tertiary/aromatic N) is 3. The lowest BCUT2D eigenvalue weighted by Gasteiger charge is -2.41. The maximum absolute atomic E-state index is 11.2. The minimum Gasteiger partial charge on any atom is -0.479 e. The van der Waals surface area contributed by atoms with Gasteiger partial charge in [0, 0.05) is 32.4 Å². The third-order valence-corrected chi connectivity index (χ3v) is 2.80. The number of aliphatic carboxylic acids is 2. The second kappa shape index (κ2) is 5.15. The van der Waals surface area contributed by atoms with Gasteiger partial charge in [0.15, 0.2) is 11.7 Å². The third-order valence-electron chi connectivity index (χ3n) is 2.80. The van der Waals surface area contributed by atoms with Crippen LogP contribution in [0, 0.1) is 0 Å². The Morgan fingerprint density at radius 2 is 2.00 bits per heavy atom. The number of hydrazine groups is 1.